The smallest absolute Gasteiger partial charge is 0.224 e. The number of amides is 1. The van der Waals surface area contributed by atoms with Crippen molar-refractivity contribution in [2.24, 2.45) is 0 Å². The first-order chi connectivity index (χ1) is 7.63. The van der Waals surface area contributed by atoms with Crippen LogP contribution in [0.4, 0.5) is 0 Å². The summed E-state index contributed by atoms with van der Waals surface area (Å²) in [7, 11) is 3.48. The first-order valence-corrected chi connectivity index (χ1v) is 6.53. The average molecular weight is 294 g/mol. The van der Waals surface area contributed by atoms with E-state index in [0.717, 1.165) is 19.4 Å². The Morgan fingerprint density at radius 3 is 3.00 bits per heavy atom. The molecule has 0 N–H and O–H groups in total. The van der Waals surface area contributed by atoms with Gasteiger partial charge < -0.3 is 14.4 Å². The maximum atomic E-state index is 11.8. The van der Waals surface area contributed by atoms with E-state index in [1.165, 1.54) is 0 Å². The van der Waals surface area contributed by atoms with Gasteiger partial charge in [0.15, 0.2) is 0 Å². The van der Waals surface area contributed by atoms with Gasteiger partial charge in [0.05, 0.1) is 24.0 Å². The summed E-state index contributed by atoms with van der Waals surface area (Å²) in [4.78, 5) is 13.7. The van der Waals surface area contributed by atoms with E-state index in [1.54, 1.807) is 12.0 Å². The summed E-state index contributed by atoms with van der Waals surface area (Å²) in [6.45, 7) is 2.07. The number of halogens is 1. The summed E-state index contributed by atoms with van der Waals surface area (Å²) in [5.74, 6) is 0.146. The van der Waals surface area contributed by atoms with Gasteiger partial charge in [-0.15, -0.1) is 0 Å². The van der Waals surface area contributed by atoms with Crippen LogP contribution in [0.5, 0.6) is 0 Å². The molecule has 1 fully saturated rings. The van der Waals surface area contributed by atoms with Crippen LogP contribution < -0.4 is 0 Å². The van der Waals surface area contributed by atoms with Gasteiger partial charge in [0.1, 0.15) is 0 Å². The van der Waals surface area contributed by atoms with Crippen LogP contribution in [0, 0.1) is 0 Å². The highest BCUT2D eigenvalue weighted by molar-refractivity contribution is 9.09. The van der Waals surface area contributed by atoms with Crippen molar-refractivity contribution in [1.82, 2.24) is 4.90 Å². The summed E-state index contributed by atoms with van der Waals surface area (Å²) in [5.41, 5.74) is 0. The number of rotatable bonds is 6. The van der Waals surface area contributed by atoms with Crippen LogP contribution in [-0.4, -0.2) is 55.7 Å². The predicted octanol–water partition coefficient (Wildman–Crippen LogP) is 1.42. The lowest BCUT2D eigenvalue weighted by molar-refractivity contribution is -0.132. The third-order valence-corrected chi connectivity index (χ3v) is 3.23. The third kappa shape index (κ3) is 4.80. The second-order valence-corrected chi connectivity index (χ2v) is 5.46. The number of nitrogens with zero attached hydrogens (tertiary/aromatic N) is 1. The minimum Gasteiger partial charge on any atom is -0.383 e. The van der Waals surface area contributed by atoms with Crippen molar-refractivity contribution >= 4 is 21.8 Å². The Bertz CT molecular complexity index is 219. The molecular formula is C11H20BrNO3. The molecule has 0 bridgehead atoms. The molecule has 1 amide bonds. The van der Waals surface area contributed by atoms with Gasteiger partial charge in [0, 0.05) is 27.3 Å². The van der Waals surface area contributed by atoms with Gasteiger partial charge in [0.2, 0.25) is 5.91 Å². The highest BCUT2D eigenvalue weighted by Crippen LogP contribution is 2.16. The Kier molecular flexibility index (Phi) is 6.31. The lowest BCUT2D eigenvalue weighted by Gasteiger charge is -2.21. The molecule has 0 radical (unpaired) electrons. The molecule has 0 saturated carbocycles. The molecule has 0 spiro atoms. The summed E-state index contributed by atoms with van der Waals surface area (Å²) >= 11 is 3.47. The van der Waals surface area contributed by atoms with Gasteiger partial charge in [-0.25, -0.2) is 0 Å². The van der Waals surface area contributed by atoms with Crippen LogP contribution in [0.3, 0.4) is 0 Å². The van der Waals surface area contributed by atoms with Crippen molar-refractivity contribution in [1.29, 1.82) is 0 Å². The number of hydrogen-bond acceptors (Lipinski definition) is 3. The van der Waals surface area contributed by atoms with Crippen molar-refractivity contribution in [3.05, 3.63) is 0 Å². The van der Waals surface area contributed by atoms with Crippen LogP contribution in [-0.2, 0) is 14.3 Å². The fraction of sp³-hybridized carbons (Fsp3) is 0.909. The van der Waals surface area contributed by atoms with E-state index < -0.39 is 0 Å². The van der Waals surface area contributed by atoms with Crippen molar-refractivity contribution in [2.45, 2.75) is 30.2 Å². The largest absolute Gasteiger partial charge is 0.383 e. The molecule has 5 heteroatoms. The second-order valence-electron chi connectivity index (χ2n) is 4.17. The van der Waals surface area contributed by atoms with E-state index in [-0.39, 0.29) is 16.8 Å². The third-order valence-electron chi connectivity index (χ3n) is 2.67. The minimum atomic E-state index is 0.131. The van der Waals surface area contributed by atoms with Crippen molar-refractivity contribution in [3.63, 3.8) is 0 Å². The molecule has 1 aliphatic heterocycles. The molecular weight excluding hydrogens is 274 g/mol. The molecule has 2 unspecified atom stereocenters. The minimum absolute atomic E-state index is 0.131. The molecule has 1 heterocycles. The van der Waals surface area contributed by atoms with E-state index in [2.05, 4.69) is 15.9 Å². The molecule has 94 valence electrons. The molecule has 1 rings (SSSR count). The zero-order valence-corrected chi connectivity index (χ0v) is 11.5. The fourth-order valence-corrected chi connectivity index (χ4v) is 2.49. The lowest BCUT2D eigenvalue weighted by atomic mass is 10.1. The average Bonchev–Trinajstić information content (AvgIpc) is 2.70. The van der Waals surface area contributed by atoms with E-state index in [0.29, 0.717) is 19.6 Å². The molecule has 0 aliphatic carbocycles. The Morgan fingerprint density at radius 1 is 1.69 bits per heavy atom. The normalized spacial score (nSPS) is 22.1. The van der Waals surface area contributed by atoms with Crippen LogP contribution in [0.15, 0.2) is 0 Å². The Balaban J connectivity index is 2.23. The maximum Gasteiger partial charge on any atom is 0.224 e. The van der Waals surface area contributed by atoms with E-state index in [1.807, 2.05) is 7.05 Å². The molecule has 0 aromatic rings. The quantitative estimate of drug-likeness (QED) is 0.696. The monoisotopic (exact) mass is 293 g/mol. The standard InChI is InChI=1S/C11H20BrNO3/c1-13(7-9(12)8-15-2)11(14)6-10-4-3-5-16-10/h9-10H,3-8H2,1-2H3. The van der Waals surface area contributed by atoms with Crippen LogP contribution in [0.1, 0.15) is 19.3 Å². The van der Waals surface area contributed by atoms with Gasteiger partial charge in [-0.05, 0) is 12.8 Å². The van der Waals surface area contributed by atoms with Gasteiger partial charge in [-0.2, -0.15) is 0 Å². The van der Waals surface area contributed by atoms with E-state index in [9.17, 15) is 4.79 Å². The number of hydrogen-bond donors (Lipinski definition) is 0. The maximum absolute atomic E-state index is 11.8. The summed E-state index contributed by atoms with van der Waals surface area (Å²) < 4.78 is 10.5. The van der Waals surface area contributed by atoms with Crippen molar-refractivity contribution in [2.75, 3.05) is 33.9 Å². The number of ether oxygens (including phenoxy) is 2. The molecule has 4 nitrogen and oxygen atoms in total. The van der Waals surface area contributed by atoms with Crippen LogP contribution in [0.25, 0.3) is 0 Å². The second kappa shape index (κ2) is 7.25. The molecule has 1 aliphatic rings. The van der Waals surface area contributed by atoms with E-state index in [4.69, 9.17) is 9.47 Å². The predicted molar refractivity (Wildman–Crippen MR) is 65.8 cm³/mol. The zero-order valence-electron chi connectivity index (χ0n) is 9.95. The number of carbonyl (C=O) groups is 1. The van der Waals surface area contributed by atoms with Gasteiger partial charge in [-0.3, -0.25) is 4.79 Å². The van der Waals surface area contributed by atoms with Crippen molar-refractivity contribution < 1.29 is 14.3 Å². The number of alkyl halides is 1. The Labute approximate surface area is 105 Å². The number of methoxy groups -OCH3 is 1. The van der Waals surface area contributed by atoms with Gasteiger partial charge in [-0.1, -0.05) is 15.9 Å². The first kappa shape index (κ1) is 13.9. The fourth-order valence-electron chi connectivity index (χ4n) is 1.79. The number of carbonyl (C=O) groups excluding carboxylic acids is 1. The van der Waals surface area contributed by atoms with Gasteiger partial charge >= 0.3 is 0 Å². The van der Waals surface area contributed by atoms with Crippen LogP contribution in [0.2, 0.25) is 0 Å². The molecule has 16 heavy (non-hydrogen) atoms. The topological polar surface area (TPSA) is 38.8 Å². The van der Waals surface area contributed by atoms with Gasteiger partial charge in [0.25, 0.3) is 0 Å². The molecule has 0 aromatic heterocycles. The Hall–Kier alpha value is -0.130. The molecule has 0 aromatic carbocycles. The van der Waals surface area contributed by atoms with Crippen molar-refractivity contribution in [3.8, 4) is 0 Å². The lowest BCUT2D eigenvalue weighted by Crippen LogP contribution is -2.35. The van der Waals surface area contributed by atoms with Crippen LogP contribution >= 0.6 is 15.9 Å². The summed E-state index contributed by atoms with van der Waals surface area (Å²) in [5, 5.41) is 0. The van der Waals surface area contributed by atoms with E-state index >= 15 is 0 Å². The Morgan fingerprint density at radius 2 is 2.44 bits per heavy atom. The SMILES string of the molecule is COCC(Br)CN(C)C(=O)CC1CCCO1. The summed E-state index contributed by atoms with van der Waals surface area (Å²) in [6, 6.07) is 0. The molecule has 2 atom stereocenters. The highest BCUT2D eigenvalue weighted by Gasteiger charge is 2.22. The molecule has 1 saturated heterocycles. The first-order valence-electron chi connectivity index (χ1n) is 5.62. The highest BCUT2D eigenvalue weighted by atomic mass is 79.9. The summed E-state index contributed by atoms with van der Waals surface area (Å²) in [6.07, 6.45) is 2.72. The zero-order chi connectivity index (χ0) is 12.0.